The number of anilines is 1. The quantitative estimate of drug-likeness (QED) is 0.589. The summed E-state index contributed by atoms with van der Waals surface area (Å²) >= 11 is 0. The van der Waals surface area contributed by atoms with Gasteiger partial charge in [0.05, 0.1) is 19.4 Å². The fraction of sp³-hybridized carbons (Fsp3) is 0.500. The molecule has 0 aliphatic carbocycles. The van der Waals surface area contributed by atoms with Gasteiger partial charge in [-0.15, -0.1) is 0 Å². The molecule has 0 unspecified atom stereocenters. The molecule has 17 heavy (non-hydrogen) atoms. The summed E-state index contributed by atoms with van der Waals surface area (Å²) in [4.78, 5) is 0. The van der Waals surface area contributed by atoms with Crippen molar-refractivity contribution in [3.8, 4) is 11.5 Å². The number of ether oxygens (including phenoxy) is 3. The van der Waals surface area contributed by atoms with E-state index >= 15 is 0 Å². The maximum atomic E-state index is 13.2. The van der Waals surface area contributed by atoms with Gasteiger partial charge in [0.2, 0.25) is 0 Å². The molecule has 0 bridgehead atoms. The molecule has 0 aliphatic rings. The number of nitrogens with two attached hydrogens (primary N) is 1. The van der Waals surface area contributed by atoms with Gasteiger partial charge in [-0.1, -0.05) is 6.92 Å². The van der Waals surface area contributed by atoms with Crippen LogP contribution in [0.2, 0.25) is 0 Å². The topological polar surface area (TPSA) is 53.7 Å². The van der Waals surface area contributed by atoms with E-state index in [1.165, 1.54) is 19.2 Å². The van der Waals surface area contributed by atoms with Gasteiger partial charge in [-0.25, -0.2) is 4.39 Å². The standard InChI is InChI=1S/C12H18FNO3/c1-3-4-16-5-6-17-12-8-11(15-2)9(13)7-10(12)14/h7-8H,3-6,14H2,1-2H3. The molecular weight excluding hydrogens is 225 g/mol. The summed E-state index contributed by atoms with van der Waals surface area (Å²) in [6, 6.07) is 2.62. The highest BCUT2D eigenvalue weighted by Gasteiger charge is 2.09. The number of hydrogen-bond acceptors (Lipinski definition) is 4. The molecule has 1 aromatic carbocycles. The normalized spacial score (nSPS) is 10.3. The van der Waals surface area contributed by atoms with Crippen LogP contribution in [-0.4, -0.2) is 26.9 Å². The lowest BCUT2D eigenvalue weighted by molar-refractivity contribution is 0.101. The van der Waals surface area contributed by atoms with Crippen molar-refractivity contribution in [2.75, 3.05) is 32.7 Å². The zero-order chi connectivity index (χ0) is 12.7. The smallest absolute Gasteiger partial charge is 0.167 e. The van der Waals surface area contributed by atoms with Crippen molar-refractivity contribution < 1.29 is 18.6 Å². The van der Waals surface area contributed by atoms with E-state index in [0.717, 1.165) is 6.42 Å². The third-order valence-corrected chi connectivity index (χ3v) is 2.12. The molecule has 0 aromatic heterocycles. The van der Waals surface area contributed by atoms with Crippen molar-refractivity contribution in [1.29, 1.82) is 0 Å². The average Bonchev–Trinajstić information content (AvgIpc) is 2.31. The first-order chi connectivity index (χ1) is 8.19. The minimum Gasteiger partial charge on any atom is -0.494 e. The fourth-order valence-electron chi connectivity index (χ4n) is 1.29. The van der Waals surface area contributed by atoms with Gasteiger partial charge in [0, 0.05) is 18.7 Å². The Morgan fingerprint density at radius 2 is 1.94 bits per heavy atom. The first-order valence-electron chi connectivity index (χ1n) is 5.52. The average molecular weight is 243 g/mol. The second-order valence-corrected chi connectivity index (χ2v) is 3.49. The second-order valence-electron chi connectivity index (χ2n) is 3.49. The molecule has 0 saturated heterocycles. The van der Waals surface area contributed by atoms with Crippen LogP contribution in [0.5, 0.6) is 11.5 Å². The molecule has 0 heterocycles. The number of hydrogen-bond donors (Lipinski definition) is 1. The predicted octanol–water partition coefficient (Wildman–Crippen LogP) is 2.22. The van der Waals surface area contributed by atoms with Crippen LogP contribution in [0.4, 0.5) is 10.1 Å². The van der Waals surface area contributed by atoms with Crippen LogP contribution in [0.25, 0.3) is 0 Å². The van der Waals surface area contributed by atoms with E-state index < -0.39 is 5.82 Å². The summed E-state index contributed by atoms with van der Waals surface area (Å²) in [5.74, 6) is 0.0200. The van der Waals surface area contributed by atoms with E-state index in [0.29, 0.717) is 25.6 Å². The summed E-state index contributed by atoms with van der Waals surface area (Å²) in [6.45, 7) is 3.58. The van der Waals surface area contributed by atoms with Crippen LogP contribution in [-0.2, 0) is 4.74 Å². The van der Waals surface area contributed by atoms with Crippen LogP contribution < -0.4 is 15.2 Å². The molecule has 0 aliphatic heterocycles. The summed E-state index contributed by atoms with van der Waals surface area (Å²) < 4.78 is 28.7. The first kappa shape index (κ1) is 13.6. The highest BCUT2D eigenvalue weighted by molar-refractivity contribution is 5.56. The first-order valence-corrected chi connectivity index (χ1v) is 5.52. The van der Waals surface area contributed by atoms with Gasteiger partial charge in [-0.05, 0) is 6.42 Å². The Bertz CT molecular complexity index is 358. The molecule has 2 N–H and O–H groups in total. The van der Waals surface area contributed by atoms with E-state index in [4.69, 9.17) is 19.9 Å². The van der Waals surface area contributed by atoms with Crippen LogP contribution in [0.3, 0.4) is 0 Å². The number of halogens is 1. The monoisotopic (exact) mass is 243 g/mol. The molecule has 1 rings (SSSR count). The van der Waals surface area contributed by atoms with E-state index in [2.05, 4.69) is 0 Å². The van der Waals surface area contributed by atoms with Gasteiger partial charge in [-0.3, -0.25) is 0 Å². The Balaban J connectivity index is 2.52. The maximum absolute atomic E-state index is 13.2. The van der Waals surface area contributed by atoms with Crippen LogP contribution in [0.15, 0.2) is 12.1 Å². The second kappa shape index (κ2) is 6.96. The van der Waals surface area contributed by atoms with Crippen molar-refractivity contribution in [2.45, 2.75) is 13.3 Å². The SMILES string of the molecule is CCCOCCOc1cc(OC)c(F)cc1N. The van der Waals surface area contributed by atoms with Crippen molar-refractivity contribution in [2.24, 2.45) is 0 Å². The van der Waals surface area contributed by atoms with Gasteiger partial charge >= 0.3 is 0 Å². The summed E-state index contributed by atoms with van der Waals surface area (Å²) in [7, 11) is 1.39. The summed E-state index contributed by atoms with van der Waals surface area (Å²) in [5.41, 5.74) is 5.87. The van der Waals surface area contributed by atoms with Crippen LogP contribution >= 0.6 is 0 Å². The molecule has 5 heteroatoms. The van der Waals surface area contributed by atoms with Crippen molar-refractivity contribution in [3.05, 3.63) is 17.9 Å². The van der Waals surface area contributed by atoms with E-state index in [1.807, 2.05) is 6.92 Å². The fourth-order valence-corrected chi connectivity index (χ4v) is 1.29. The molecule has 0 amide bonds. The molecular formula is C12H18FNO3. The predicted molar refractivity (Wildman–Crippen MR) is 64.0 cm³/mol. The highest BCUT2D eigenvalue weighted by atomic mass is 19.1. The zero-order valence-electron chi connectivity index (χ0n) is 10.2. The Kier molecular flexibility index (Phi) is 5.56. The molecule has 4 nitrogen and oxygen atoms in total. The molecule has 0 saturated carbocycles. The molecule has 0 atom stereocenters. The number of benzene rings is 1. The molecule has 0 fully saturated rings. The molecule has 96 valence electrons. The van der Waals surface area contributed by atoms with E-state index in [-0.39, 0.29) is 11.4 Å². The van der Waals surface area contributed by atoms with Crippen molar-refractivity contribution >= 4 is 5.69 Å². The number of nitrogen functional groups attached to an aromatic ring is 1. The van der Waals surface area contributed by atoms with Crippen molar-refractivity contribution in [3.63, 3.8) is 0 Å². The number of rotatable bonds is 7. The van der Waals surface area contributed by atoms with Gasteiger partial charge in [-0.2, -0.15) is 0 Å². The Morgan fingerprint density at radius 1 is 1.18 bits per heavy atom. The molecule has 1 aromatic rings. The lowest BCUT2D eigenvalue weighted by Crippen LogP contribution is -2.08. The summed E-state index contributed by atoms with van der Waals surface area (Å²) in [6.07, 6.45) is 0.965. The minimum atomic E-state index is -0.500. The summed E-state index contributed by atoms with van der Waals surface area (Å²) in [5, 5.41) is 0. The third kappa shape index (κ3) is 4.11. The van der Waals surface area contributed by atoms with Gasteiger partial charge < -0.3 is 19.9 Å². The lowest BCUT2D eigenvalue weighted by Gasteiger charge is -2.11. The van der Waals surface area contributed by atoms with E-state index in [1.54, 1.807) is 0 Å². The zero-order valence-corrected chi connectivity index (χ0v) is 10.2. The van der Waals surface area contributed by atoms with Crippen LogP contribution in [0, 0.1) is 5.82 Å². The van der Waals surface area contributed by atoms with Gasteiger partial charge in [0.15, 0.2) is 11.6 Å². The van der Waals surface area contributed by atoms with Crippen LogP contribution in [0.1, 0.15) is 13.3 Å². The largest absolute Gasteiger partial charge is 0.494 e. The van der Waals surface area contributed by atoms with E-state index in [9.17, 15) is 4.39 Å². The Labute approximate surface area is 100 Å². The third-order valence-electron chi connectivity index (χ3n) is 2.12. The van der Waals surface area contributed by atoms with Crippen molar-refractivity contribution in [1.82, 2.24) is 0 Å². The lowest BCUT2D eigenvalue weighted by atomic mass is 10.2. The highest BCUT2D eigenvalue weighted by Crippen LogP contribution is 2.29. The Hall–Kier alpha value is -1.49. The maximum Gasteiger partial charge on any atom is 0.167 e. The minimum absolute atomic E-state index is 0.115. The molecule has 0 radical (unpaired) electrons. The number of methoxy groups -OCH3 is 1. The molecule has 0 spiro atoms. The Morgan fingerprint density at radius 3 is 2.59 bits per heavy atom. The van der Waals surface area contributed by atoms with Gasteiger partial charge in [0.25, 0.3) is 0 Å². The van der Waals surface area contributed by atoms with Gasteiger partial charge in [0.1, 0.15) is 12.4 Å².